The predicted octanol–water partition coefficient (Wildman–Crippen LogP) is 6.34. The molecule has 0 aliphatic heterocycles. The number of hydrogen-bond donors (Lipinski definition) is 0. The minimum absolute atomic E-state index is 0.0834. The Hall–Kier alpha value is -1.10. The molecule has 0 heterocycles. The average molecular weight is 356 g/mol. The van der Waals surface area contributed by atoms with Gasteiger partial charge in [-0.15, -0.1) is 0 Å². The minimum Gasteiger partial charge on any atom is -0.497 e. The van der Waals surface area contributed by atoms with Crippen molar-refractivity contribution in [2.24, 2.45) is 0 Å². The summed E-state index contributed by atoms with van der Waals surface area (Å²) in [5.41, 5.74) is -0.796. The van der Waals surface area contributed by atoms with Gasteiger partial charge in [-0.2, -0.15) is 13.2 Å². The van der Waals surface area contributed by atoms with Gasteiger partial charge in [-0.3, -0.25) is 0 Å². The lowest BCUT2D eigenvalue weighted by molar-refractivity contribution is -0.137. The molecule has 0 bridgehead atoms. The molecule has 0 spiro atoms. The number of benzene rings is 2. The molecule has 0 saturated heterocycles. The van der Waals surface area contributed by atoms with Gasteiger partial charge < -0.3 is 4.74 Å². The molecule has 2 aromatic carbocycles. The molecular formula is C14H8Cl3F3O. The summed E-state index contributed by atoms with van der Waals surface area (Å²) in [5, 5.41) is 0.382. The van der Waals surface area contributed by atoms with Crippen LogP contribution in [0.3, 0.4) is 0 Å². The number of hydrogen-bond acceptors (Lipinski definition) is 1. The SMILES string of the molecule is COc1ccc(-c2cc(Cl)c(Cl)cc2Cl)c(C(F)(F)F)c1. The van der Waals surface area contributed by atoms with Crippen LogP contribution < -0.4 is 4.74 Å². The van der Waals surface area contributed by atoms with Crippen molar-refractivity contribution in [1.82, 2.24) is 0 Å². The van der Waals surface area contributed by atoms with Gasteiger partial charge in [0.25, 0.3) is 0 Å². The number of rotatable bonds is 2. The summed E-state index contributed by atoms with van der Waals surface area (Å²) in [6, 6.07) is 6.24. The zero-order valence-corrected chi connectivity index (χ0v) is 12.8. The van der Waals surface area contributed by atoms with Gasteiger partial charge in [-0.25, -0.2) is 0 Å². The fourth-order valence-electron chi connectivity index (χ4n) is 1.85. The van der Waals surface area contributed by atoms with Crippen LogP contribution in [-0.4, -0.2) is 7.11 Å². The van der Waals surface area contributed by atoms with E-state index in [-0.39, 0.29) is 31.9 Å². The van der Waals surface area contributed by atoms with Crippen molar-refractivity contribution in [3.05, 3.63) is 51.0 Å². The van der Waals surface area contributed by atoms with E-state index in [1.54, 1.807) is 0 Å². The molecule has 0 amide bonds. The van der Waals surface area contributed by atoms with Gasteiger partial charge in [0.1, 0.15) is 5.75 Å². The van der Waals surface area contributed by atoms with E-state index < -0.39 is 11.7 Å². The van der Waals surface area contributed by atoms with Gasteiger partial charge in [0.2, 0.25) is 0 Å². The van der Waals surface area contributed by atoms with Gasteiger partial charge in [0, 0.05) is 10.6 Å². The van der Waals surface area contributed by atoms with Crippen molar-refractivity contribution in [2.75, 3.05) is 7.11 Å². The normalized spacial score (nSPS) is 11.6. The first-order valence-corrected chi connectivity index (χ1v) is 6.77. The van der Waals surface area contributed by atoms with Crippen molar-refractivity contribution < 1.29 is 17.9 Å². The lowest BCUT2D eigenvalue weighted by atomic mass is 9.99. The van der Waals surface area contributed by atoms with Crippen LogP contribution in [0.4, 0.5) is 13.2 Å². The molecule has 0 saturated carbocycles. The Morgan fingerprint density at radius 1 is 0.857 bits per heavy atom. The quantitative estimate of drug-likeness (QED) is 0.571. The molecule has 0 atom stereocenters. The van der Waals surface area contributed by atoms with E-state index in [2.05, 4.69) is 0 Å². The first kappa shape index (κ1) is 16.3. The molecule has 0 fully saturated rings. The molecule has 7 heteroatoms. The van der Waals surface area contributed by atoms with Crippen LogP contribution in [-0.2, 0) is 6.18 Å². The van der Waals surface area contributed by atoms with Crippen molar-refractivity contribution in [3.8, 4) is 16.9 Å². The number of alkyl halides is 3. The maximum Gasteiger partial charge on any atom is 0.417 e. The highest BCUT2D eigenvalue weighted by Gasteiger charge is 2.34. The van der Waals surface area contributed by atoms with E-state index in [1.165, 1.54) is 31.4 Å². The standard InChI is InChI=1S/C14H8Cl3F3O/c1-21-7-2-3-8(10(4-7)14(18,19)20)9-5-12(16)13(17)6-11(9)15/h2-6H,1H3. The smallest absolute Gasteiger partial charge is 0.417 e. The fourth-order valence-corrected chi connectivity index (χ4v) is 2.50. The van der Waals surface area contributed by atoms with Gasteiger partial charge in [-0.1, -0.05) is 40.9 Å². The highest BCUT2D eigenvalue weighted by atomic mass is 35.5. The molecule has 0 unspecified atom stereocenters. The molecule has 1 nitrogen and oxygen atoms in total. The van der Waals surface area contributed by atoms with Crippen LogP contribution in [0.25, 0.3) is 11.1 Å². The largest absolute Gasteiger partial charge is 0.497 e. The van der Waals surface area contributed by atoms with Crippen LogP contribution >= 0.6 is 34.8 Å². The van der Waals surface area contributed by atoms with Crippen LogP contribution in [0.15, 0.2) is 30.3 Å². The minimum atomic E-state index is -4.56. The Morgan fingerprint density at radius 2 is 1.48 bits per heavy atom. The Kier molecular flexibility index (Phi) is 4.61. The Bertz CT molecular complexity index is 684. The monoisotopic (exact) mass is 354 g/mol. The van der Waals surface area contributed by atoms with E-state index >= 15 is 0 Å². The summed E-state index contributed by atoms with van der Waals surface area (Å²) in [5.74, 6) is 0.0993. The molecular weight excluding hydrogens is 348 g/mol. The summed E-state index contributed by atoms with van der Waals surface area (Å²) in [6.45, 7) is 0. The summed E-state index contributed by atoms with van der Waals surface area (Å²) in [4.78, 5) is 0. The third kappa shape index (κ3) is 3.39. The highest BCUT2D eigenvalue weighted by Crippen LogP contribution is 2.43. The lowest BCUT2D eigenvalue weighted by Gasteiger charge is -2.16. The van der Waals surface area contributed by atoms with Crippen LogP contribution in [0.1, 0.15) is 5.56 Å². The Morgan fingerprint density at radius 3 is 2.05 bits per heavy atom. The van der Waals surface area contributed by atoms with E-state index in [1.807, 2.05) is 0 Å². The van der Waals surface area contributed by atoms with E-state index in [4.69, 9.17) is 39.5 Å². The average Bonchev–Trinajstić information content (AvgIpc) is 2.41. The molecule has 0 aliphatic carbocycles. The third-order valence-corrected chi connectivity index (χ3v) is 3.87. The summed E-state index contributed by atoms with van der Waals surface area (Å²) in [6.07, 6.45) is -4.56. The van der Waals surface area contributed by atoms with Crippen molar-refractivity contribution in [3.63, 3.8) is 0 Å². The second-order valence-corrected chi connectivity index (χ2v) is 5.38. The molecule has 2 rings (SSSR count). The van der Waals surface area contributed by atoms with E-state index in [0.717, 1.165) is 6.07 Å². The third-order valence-electron chi connectivity index (χ3n) is 2.83. The molecule has 2 aromatic rings. The number of ether oxygens (including phenoxy) is 1. The molecule has 0 aliphatic rings. The molecule has 21 heavy (non-hydrogen) atoms. The summed E-state index contributed by atoms with van der Waals surface area (Å²) in [7, 11) is 1.29. The van der Waals surface area contributed by atoms with Crippen molar-refractivity contribution in [2.45, 2.75) is 6.18 Å². The van der Waals surface area contributed by atoms with E-state index in [0.29, 0.717) is 0 Å². The van der Waals surface area contributed by atoms with E-state index in [9.17, 15) is 13.2 Å². The first-order chi connectivity index (χ1) is 9.74. The van der Waals surface area contributed by atoms with Crippen LogP contribution in [0.5, 0.6) is 5.75 Å². The second kappa shape index (κ2) is 5.95. The lowest BCUT2D eigenvalue weighted by Crippen LogP contribution is -2.07. The maximum absolute atomic E-state index is 13.2. The van der Waals surface area contributed by atoms with Gasteiger partial charge in [0.15, 0.2) is 0 Å². The fraction of sp³-hybridized carbons (Fsp3) is 0.143. The molecule has 112 valence electrons. The predicted molar refractivity (Wildman–Crippen MR) is 78.5 cm³/mol. The van der Waals surface area contributed by atoms with Crippen molar-refractivity contribution >= 4 is 34.8 Å². The van der Waals surface area contributed by atoms with Gasteiger partial charge >= 0.3 is 6.18 Å². The van der Waals surface area contributed by atoms with Crippen LogP contribution in [0.2, 0.25) is 15.1 Å². The topological polar surface area (TPSA) is 9.23 Å². The zero-order chi connectivity index (χ0) is 15.8. The molecule has 0 radical (unpaired) electrons. The van der Waals surface area contributed by atoms with Crippen LogP contribution in [0, 0.1) is 0 Å². The van der Waals surface area contributed by atoms with Gasteiger partial charge in [0.05, 0.1) is 22.7 Å². The molecule has 0 aromatic heterocycles. The zero-order valence-electron chi connectivity index (χ0n) is 10.6. The maximum atomic E-state index is 13.2. The van der Waals surface area contributed by atoms with Crippen molar-refractivity contribution in [1.29, 1.82) is 0 Å². The Labute approximate surface area is 134 Å². The highest BCUT2D eigenvalue weighted by molar-refractivity contribution is 6.44. The summed E-state index contributed by atoms with van der Waals surface area (Å²) >= 11 is 17.6. The molecule has 0 N–H and O–H groups in total. The summed E-state index contributed by atoms with van der Waals surface area (Å²) < 4.78 is 44.4. The number of methoxy groups -OCH3 is 1. The number of halogens is 6. The second-order valence-electron chi connectivity index (χ2n) is 4.16. The Balaban J connectivity index is 2.72. The first-order valence-electron chi connectivity index (χ1n) is 5.64. The van der Waals surface area contributed by atoms with Gasteiger partial charge in [-0.05, 0) is 29.8 Å².